The third-order valence-corrected chi connectivity index (χ3v) is 4.49. The molecule has 1 aliphatic rings. The molecule has 1 aliphatic carbocycles. The molecule has 3 rings (SSSR count). The van der Waals surface area contributed by atoms with Crippen molar-refractivity contribution in [1.82, 2.24) is 14.8 Å². The van der Waals surface area contributed by atoms with E-state index in [-0.39, 0.29) is 11.9 Å². The van der Waals surface area contributed by atoms with Crippen LogP contribution in [0.3, 0.4) is 0 Å². The summed E-state index contributed by atoms with van der Waals surface area (Å²) in [5.41, 5.74) is 8.33. The van der Waals surface area contributed by atoms with Crippen LogP contribution < -0.4 is 11.1 Å². The van der Waals surface area contributed by atoms with Crippen molar-refractivity contribution in [1.29, 1.82) is 0 Å². The Morgan fingerprint density at radius 3 is 3.10 bits per heavy atom. The summed E-state index contributed by atoms with van der Waals surface area (Å²) in [7, 11) is 1.80. The van der Waals surface area contributed by atoms with Gasteiger partial charge in [-0.3, -0.25) is 14.8 Å². The molecule has 3 N–H and O–H groups in total. The van der Waals surface area contributed by atoms with E-state index in [1.54, 1.807) is 17.9 Å². The number of nitrogens with two attached hydrogens (primary N) is 1. The van der Waals surface area contributed by atoms with Crippen LogP contribution in [0.15, 0.2) is 6.20 Å². The Kier molecular flexibility index (Phi) is 3.31. The lowest BCUT2D eigenvalue weighted by atomic mass is 9.99. The number of thiazole rings is 1. The number of anilines is 1. The van der Waals surface area contributed by atoms with Crippen LogP contribution in [-0.2, 0) is 19.9 Å². The molecule has 0 saturated carbocycles. The van der Waals surface area contributed by atoms with Gasteiger partial charge in [-0.25, -0.2) is 4.98 Å². The van der Waals surface area contributed by atoms with E-state index in [4.69, 9.17) is 5.73 Å². The molecule has 0 fully saturated rings. The van der Waals surface area contributed by atoms with E-state index in [9.17, 15) is 4.79 Å². The molecule has 0 spiro atoms. The molecule has 2 heterocycles. The summed E-state index contributed by atoms with van der Waals surface area (Å²) in [6.07, 6.45) is 4.43. The SMILES string of the molecule is Cc1nn(C)cc1C(=O)Nc1nc2c(s1)C[C@@H](N)CC2. The lowest BCUT2D eigenvalue weighted by Gasteiger charge is -2.15. The molecule has 1 amide bonds. The molecular formula is C13H17N5OS. The second-order valence-electron chi connectivity index (χ2n) is 5.15. The number of hydrogen-bond donors (Lipinski definition) is 2. The third-order valence-electron chi connectivity index (χ3n) is 3.46. The Hall–Kier alpha value is -1.73. The van der Waals surface area contributed by atoms with Crippen LogP contribution in [0.1, 0.15) is 33.0 Å². The van der Waals surface area contributed by atoms with Gasteiger partial charge in [-0.2, -0.15) is 5.10 Å². The van der Waals surface area contributed by atoms with E-state index < -0.39 is 0 Å². The summed E-state index contributed by atoms with van der Waals surface area (Å²) in [6, 6.07) is 0.215. The number of aromatic nitrogens is 3. The van der Waals surface area contributed by atoms with Crippen molar-refractivity contribution in [2.24, 2.45) is 12.8 Å². The summed E-state index contributed by atoms with van der Waals surface area (Å²) in [5.74, 6) is -0.161. The first-order valence-electron chi connectivity index (χ1n) is 6.58. The first-order chi connectivity index (χ1) is 9.52. The molecule has 0 unspecified atom stereocenters. The lowest BCUT2D eigenvalue weighted by Crippen LogP contribution is -2.27. The van der Waals surface area contributed by atoms with Gasteiger partial charge >= 0.3 is 0 Å². The van der Waals surface area contributed by atoms with Gasteiger partial charge in [0, 0.05) is 24.2 Å². The smallest absolute Gasteiger partial charge is 0.260 e. The molecule has 0 saturated heterocycles. The molecule has 2 aromatic rings. The Morgan fingerprint density at radius 1 is 1.60 bits per heavy atom. The molecule has 6 nitrogen and oxygen atoms in total. The summed E-state index contributed by atoms with van der Waals surface area (Å²) < 4.78 is 1.64. The topological polar surface area (TPSA) is 85.8 Å². The predicted molar refractivity (Wildman–Crippen MR) is 78.0 cm³/mol. The van der Waals surface area contributed by atoms with Crippen molar-refractivity contribution in [3.63, 3.8) is 0 Å². The Morgan fingerprint density at radius 2 is 2.40 bits per heavy atom. The molecule has 2 aromatic heterocycles. The number of aryl methyl sites for hydroxylation is 3. The van der Waals surface area contributed by atoms with E-state index in [0.717, 1.165) is 25.0 Å². The fraction of sp³-hybridized carbons (Fsp3) is 0.462. The van der Waals surface area contributed by atoms with Gasteiger partial charge in [0.25, 0.3) is 5.91 Å². The van der Waals surface area contributed by atoms with Gasteiger partial charge in [0.1, 0.15) is 0 Å². The highest BCUT2D eigenvalue weighted by Crippen LogP contribution is 2.29. The number of fused-ring (bicyclic) bond motifs is 1. The highest BCUT2D eigenvalue weighted by Gasteiger charge is 2.21. The Balaban J connectivity index is 1.78. The Bertz CT molecular complexity index is 660. The van der Waals surface area contributed by atoms with Gasteiger partial charge in [-0.1, -0.05) is 0 Å². The summed E-state index contributed by atoms with van der Waals surface area (Å²) in [4.78, 5) is 17.9. The fourth-order valence-corrected chi connectivity index (χ4v) is 3.54. The number of nitrogens with zero attached hydrogens (tertiary/aromatic N) is 3. The van der Waals surface area contributed by atoms with Crippen molar-refractivity contribution in [2.75, 3.05) is 5.32 Å². The minimum absolute atomic E-state index is 0.161. The van der Waals surface area contributed by atoms with Crippen LogP contribution in [0.2, 0.25) is 0 Å². The maximum absolute atomic E-state index is 12.2. The van der Waals surface area contributed by atoms with Crippen molar-refractivity contribution >= 4 is 22.4 Å². The van der Waals surface area contributed by atoms with E-state index in [1.807, 2.05) is 6.92 Å². The number of nitrogens with one attached hydrogen (secondary N) is 1. The minimum Gasteiger partial charge on any atom is -0.327 e. The second-order valence-corrected chi connectivity index (χ2v) is 6.23. The summed E-state index contributed by atoms with van der Waals surface area (Å²) >= 11 is 1.52. The lowest BCUT2D eigenvalue weighted by molar-refractivity contribution is 0.102. The summed E-state index contributed by atoms with van der Waals surface area (Å²) in [6.45, 7) is 1.82. The van der Waals surface area contributed by atoms with Crippen molar-refractivity contribution in [3.8, 4) is 0 Å². The molecule has 106 valence electrons. The maximum atomic E-state index is 12.2. The van der Waals surface area contributed by atoms with Gasteiger partial charge in [0.15, 0.2) is 5.13 Å². The number of rotatable bonds is 2. The van der Waals surface area contributed by atoms with E-state index in [2.05, 4.69) is 15.4 Å². The van der Waals surface area contributed by atoms with Crippen LogP contribution in [-0.4, -0.2) is 26.7 Å². The largest absolute Gasteiger partial charge is 0.327 e. The monoisotopic (exact) mass is 291 g/mol. The van der Waals surface area contributed by atoms with E-state index in [0.29, 0.717) is 16.4 Å². The number of carbonyl (C=O) groups excluding carboxylic acids is 1. The normalized spacial score (nSPS) is 17.9. The van der Waals surface area contributed by atoms with Crippen molar-refractivity contribution in [2.45, 2.75) is 32.2 Å². The number of amides is 1. The Labute approximate surface area is 121 Å². The molecule has 1 atom stereocenters. The van der Waals surface area contributed by atoms with Crippen molar-refractivity contribution < 1.29 is 4.79 Å². The molecule has 20 heavy (non-hydrogen) atoms. The average molecular weight is 291 g/mol. The zero-order valence-corrected chi connectivity index (χ0v) is 12.3. The zero-order valence-electron chi connectivity index (χ0n) is 11.5. The predicted octanol–water partition coefficient (Wildman–Crippen LogP) is 1.25. The molecule has 0 aliphatic heterocycles. The zero-order chi connectivity index (χ0) is 14.3. The highest BCUT2D eigenvalue weighted by atomic mass is 32.1. The number of carbonyl (C=O) groups is 1. The first kappa shape index (κ1) is 13.3. The maximum Gasteiger partial charge on any atom is 0.260 e. The van der Waals surface area contributed by atoms with Gasteiger partial charge in [0.05, 0.1) is 17.0 Å². The average Bonchev–Trinajstić information content (AvgIpc) is 2.91. The van der Waals surface area contributed by atoms with Gasteiger partial charge < -0.3 is 5.73 Å². The van der Waals surface area contributed by atoms with E-state index in [1.165, 1.54) is 16.2 Å². The standard InChI is InChI=1S/C13H17N5OS/c1-7-9(6-18(2)17-7)12(19)16-13-15-10-4-3-8(14)5-11(10)20-13/h6,8H,3-5,14H2,1-2H3,(H,15,16,19)/t8-/m0/s1. The number of hydrogen-bond acceptors (Lipinski definition) is 5. The molecule has 0 aromatic carbocycles. The molecule has 0 radical (unpaired) electrons. The van der Waals surface area contributed by atoms with Crippen LogP contribution in [0.5, 0.6) is 0 Å². The fourth-order valence-electron chi connectivity index (χ4n) is 2.44. The van der Waals surface area contributed by atoms with Gasteiger partial charge in [-0.15, -0.1) is 11.3 Å². The van der Waals surface area contributed by atoms with Crippen LogP contribution in [0.25, 0.3) is 0 Å². The third kappa shape index (κ3) is 2.46. The quantitative estimate of drug-likeness (QED) is 0.872. The van der Waals surface area contributed by atoms with E-state index >= 15 is 0 Å². The molecular weight excluding hydrogens is 274 g/mol. The van der Waals surface area contributed by atoms with Gasteiger partial charge in [-0.05, 0) is 26.2 Å². The minimum atomic E-state index is -0.161. The van der Waals surface area contributed by atoms with Crippen LogP contribution >= 0.6 is 11.3 Å². The summed E-state index contributed by atoms with van der Waals surface area (Å²) in [5, 5.41) is 7.68. The van der Waals surface area contributed by atoms with Gasteiger partial charge in [0.2, 0.25) is 0 Å². The molecule has 0 bridgehead atoms. The first-order valence-corrected chi connectivity index (χ1v) is 7.40. The highest BCUT2D eigenvalue weighted by molar-refractivity contribution is 7.15. The van der Waals surface area contributed by atoms with Crippen LogP contribution in [0, 0.1) is 6.92 Å². The second kappa shape index (κ2) is 4.99. The van der Waals surface area contributed by atoms with Crippen molar-refractivity contribution in [3.05, 3.63) is 28.0 Å². The molecule has 7 heteroatoms. The van der Waals surface area contributed by atoms with Crippen LogP contribution in [0.4, 0.5) is 5.13 Å².